The van der Waals surface area contributed by atoms with Crippen LogP contribution in [0.3, 0.4) is 0 Å². The van der Waals surface area contributed by atoms with Gasteiger partial charge in [0.05, 0.1) is 0 Å². The topological polar surface area (TPSA) is 15.3 Å². The van der Waals surface area contributed by atoms with E-state index in [-0.39, 0.29) is 6.67 Å². The second-order valence-corrected chi connectivity index (χ2v) is 5.44. The number of alkyl halides is 1. The molecule has 0 aromatic carbocycles. The predicted molar refractivity (Wildman–Crippen MR) is 58.6 cm³/mol. The third kappa shape index (κ3) is 2.18. The van der Waals surface area contributed by atoms with Crippen molar-refractivity contribution in [3.63, 3.8) is 0 Å². The van der Waals surface area contributed by atoms with E-state index in [9.17, 15) is 4.39 Å². The first-order chi connectivity index (χ1) is 7.38. The van der Waals surface area contributed by atoms with E-state index in [1.54, 1.807) is 0 Å². The highest BCUT2D eigenvalue weighted by atomic mass is 19.1. The van der Waals surface area contributed by atoms with Crippen molar-refractivity contribution in [2.24, 2.45) is 11.8 Å². The summed E-state index contributed by atoms with van der Waals surface area (Å²) < 4.78 is 12.5. The van der Waals surface area contributed by atoms with Gasteiger partial charge in [-0.2, -0.15) is 0 Å². The molecule has 15 heavy (non-hydrogen) atoms. The second kappa shape index (κ2) is 4.02. The summed E-state index contributed by atoms with van der Waals surface area (Å²) in [5.74, 6) is 1.76. The monoisotopic (exact) mass is 212 g/mol. The van der Waals surface area contributed by atoms with Crippen molar-refractivity contribution < 1.29 is 4.39 Å². The van der Waals surface area contributed by atoms with Crippen LogP contribution in [0.1, 0.15) is 25.7 Å². The molecule has 2 nitrogen and oxygen atoms in total. The average molecular weight is 212 g/mol. The van der Waals surface area contributed by atoms with Gasteiger partial charge in [-0.3, -0.25) is 4.90 Å². The van der Waals surface area contributed by atoms with Crippen LogP contribution < -0.4 is 5.32 Å². The molecule has 1 N–H and O–H groups in total. The summed E-state index contributed by atoms with van der Waals surface area (Å²) in [7, 11) is 0. The fourth-order valence-corrected chi connectivity index (χ4v) is 2.98. The number of hydrogen-bond acceptors (Lipinski definition) is 2. The summed E-state index contributed by atoms with van der Waals surface area (Å²) in [5.41, 5.74) is 0. The predicted octanol–water partition coefficient (Wildman–Crippen LogP) is 1.42. The zero-order chi connectivity index (χ0) is 10.3. The molecule has 1 heterocycles. The number of piperazine rings is 1. The van der Waals surface area contributed by atoms with Gasteiger partial charge >= 0.3 is 0 Å². The van der Waals surface area contributed by atoms with E-state index in [1.165, 1.54) is 25.7 Å². The molecule has 3 fully saturated rings. The van der Waals surface area contributed by atoms with Crippen LogP contribution in [0.5, 0.6) is 0 Å². The van der Waals surface area contributed by atoms with Crippen molar-refractivity contribution >= 4 is 0 Å². The largest absolute Gasteiger partial charge is 0.311 e. The minimum Gasteiger partial charge on any atom is -0.311 e. The summed E-state index contributed by atoms with van der Waals surface area (Å²) in [6, 6.07) is 1.29. The lowest BCUT2D eigenvalue weighted by molar-refractivity contribution is 0.100. The number of hydrogen-bond donors (Lipinski definition) is 1. The first kappa shape index (κ1) is 10.0. The minimum atomic E-state index is -0.180. The molecular weight excluding hydrogens is 191 g/mol. The van der Waals surface area contributed by atoms with Crippen LogP contribution in [0.25, 0.3) is 0 Å². The molecule has 86 valence electrons. The highest BCUT2D eigenvalue weighted by Crippen LogP contribution is 2.39. The average Bonchev–Trinajstić information content (AvgIpc) is 3.11. The maximum absolute atomic E-state index is 12.5. The van der Waals surface area contributed by atoms with Gasteiger partial charge in [-0.25, -0.2) is 4.39 Å². The summed E-state index contributed by atoms with van der Waals surface area (Å²) >= 11 is 0. The van der Waals surface area contributed by atoms with Crippen LogP contribution >= 0.6 is 0 Å². The van der Waals surface area contributed by atoms with Gasteiger partial charge in [-0.1, -0.05) is 0 Å². The summed E-state index contributed by atoms with van der Waals surface area (Å²) in [6.45, 7) is 2.67. The highest BCUT2D eigenvalue weighted by Gasteiger charge is 2.42. The first-order valence-corrected chi connectivity index (χ1v) is 6.42. The van der Waals surface area contributed by atoms with Gasteiger partial charge in [-0.15, -0.1) is 0 Å². The Morgan fingerprint density at radius 2 is 1.87 bits per heavy atom. The van der Waals surface area contributed by atoms with E-state index >= 15 is 0 Å². The van der Waals surface area contributed by atoms with Gasteiger partial charge < -0.3 is 5.32 Å². The Balaban J connectivity index is 1.60. The summed E-state index contributed by atoms with van der Waals surface area (Å²) in [5, 5.41) is 3.68. The Bertz CT molecular complexity index is 226. The molecule has 3 rings (SSSR count). The SMILES string of the molecule is FCCN1CC(C2CC2)NCC1C1CC1. The Morgan fingerprint density at radius 1 is 1.13 bits per heavy atom. The smallest absolute Gasteiger partial charge is 0.102 e. The van der Waals surface area contributed by atoms with E-state index in [0.717, 1.165) is 24.9 Å². The summed E-state index contributed by atoms with van der Waals surface area (Å²) in [6.07, 6.45) is 5.50. The molecule has 2 aliphatic carbocycles. The molecule has 0 aromatic rings. The molecular formula is C12H21FN2. The van der Waals surface area contributed by atoms with E-state index in [4.69, 9.17) is 0 Å². The van der Waals surface area contributed by atoms with Gasteiger partial charge in [0.25, 0.3) is 0 Å². The van der Waals surface area contributed by atoms with Crippen LogP contribution in [0.15, 0.2) is 0 Å². The minimum absolute atomic E-state index is 0.180. The Kier molecular flexibility index (Phi) is 2.69. The van der Waals surface area contributed by atoms with Crippen molar-refractivity contribution in [1.82, 2.24) is 10.2 Å². The summed E-state index contributed by atoms with van der Waals surface area (Å²) in [4.78, 5) is 2.41. The number of halogens is 1. The lowest BCUT2D eigenvalue weighted by Crippen LogP contribution is -2.58. The van der Waals surface area contributed by atoms with Crippen LogP contribution in [0.4, 0.5) is 4.39 Å². The van der Waals surface area contributed by atoms with Gasteiger partial charge in [0, 0.05) is 31.7 Å². The van der Waals surface area contributed by atoms with Crippen molar-refractivity contribution in [2.45, 2.75) is 37.8 Å². The van der Waals surface area contributed by atoms with E-state index in [1.807, 2.05) is 0 Å². The van der Waals surface area contributed by atoms with Crippen molar-refractivity contribution in [1.29, 1.82) is 0 Å². The maximum atomic E-state index is 12.5. The van der Waals surface area contributed by atoms with Crippen molar-refractivity contribution in [3.05, 3.63) is 0 Å². The standard InChI is InChI=1S/C12H21FN2/c13-5-6-15-8-11(9-1-2-9)14-7-12(15)10-3-4-10/h9-12,14H,1-8H2. The van der Waals surface area contributed by atoms with Gasteiger partial charge in [0.2, 0.25) is 0 Å². The Labute approximate surface area is 91.2 Å². The molecule has 0 amide bonds. The zero-order valence-electron chi connectivity index (χ0n) is 9.29. The molecule has 0 spiro atoms. The van der Waals surface area contributed by atoms with Gasteiger partial charge in [-0.05, 0) is 37.5 Å². The molecule has 0 radical (unpaired) electrons. The Hall–Kier alpha value is -0.150. The van der Waals surface area contributed by atoms with E-state index < -0.39 is 0 Å². The molecule has 3 heteroatoms. The molecule has 1 aliphatic heterocycles. The van der Waals surface area contributed by atoms with Crippen LogP contribution in [0.2, 0.25) is 0 Å². The Morgan fingerprint density at radius 3 is 2.47 bits per heavy atom. The first-order valence-electron chi connectivity index (χ1n) is 6.42. The lowest BCUT2D eigenvalue weighted by Gasteiger charge is -2.40. The zero-order valence-corrected chi connectivity index (χ0v) is 9.29. The lowest BCUT2D eigenvalue weighted by atomic mass is 10.0. The van der Waals surface area contributed by atoms with Gasteiger partial charge in [0.15, 0.2) is 0 Å². The second-order valence-electron chi connectivity index (χ2n) is 5.44. The van der Waals surface area contributed by atoms with Crippen molar-refractivity contribution in [2.75, 3.05) is 26.3 Å². The van der Waals surface area contributed by atoms with Crippen LogP contribution in [-0.2, 0) is 0 Å². The van der Waals surface area contributed by atoms with Crippen LogP contribution in [-0.4, -0.2) is 43.3 Å². The fourth-order valence-electron chi connectivity index (χ4n) is 2.98. The highest BCUT2D eigenvalue weighted by molar-refractivity contribution is 4.98. The van der Waals surface area contributed by atoms with Crippen LogP contribution in [0, 0.1) is 11.8 Å². The quantitative estimate of drug-likeness (QED) is 0.758. The third-order valence-electron chi connectivity index (χ3n) is 4.22. The number of nitrogens with zero attached hydrogens (tertiary/aromatic N) is 1. The van der Waals surface area contributed by atoms with E-state index in [2.05, 4.69) is 10.2 Å². The molecule has 0 bridgehead atoms. The molecule has 2 saturated carbocycles. The number of nitrogens with one attached hydrogen (secondary N) is 1. The normalized spacial score (nSPS) is 38.2. The molecule has 2 unspecified atom stereocenters. The molecule has 2 atom stereocenters. The molecule has 0 aromatic heterocycles. The van der Waals surface area contributed by atoms with Gasteiger partial charge in [0.1, 0.15) is 6.67 Å². The maximum Gasteiger partial charge on any atom is 0.102 e. The number of rotatable bonds is 4. The third-order valence-corrected chi connectivity index (χ3v) is 4.22. The fraction of sp³-hybridized carbons (Fsp3) is 1.00. The molecule has 1 saturated heterocycles. The van der Waals surface area contributed by atoms with E-state index in [0.29, 0.717) is 18.6 Å². The van der Waals surface area contributed by atoms with Crippen molar-refractivity contribution in [3.8, 4) is 0 Å². The molecule has 3 aliphatic rings.